The van der Waals surface area contributed by atoms with Crippen LogP contribution in [-0.2, 0) is 11.2 Å². The summed E-state index contributed by atoms with van der Waals surface area (Å²) in [5.74, 6) is 1.61. The largest absolute Gasteiger partial charge is 0.490 e. The zero-order chi connectivity index (χ0) is 21.3. The van der Waals surface area contributed by atoms with E-state index >= 15 is 0 Å². The summed E-state index contributed by atoms with van der Waals surface area (Å²) in [4.78, 5) is 27.6. The van der Waals surface area contributed by atoms with E-state index in [1.807, 2.05) is 54.5 Å². The highest BCUT2D eigenvalue weighted by Gasteiger charge is 2.27. The van der Waals surface area contributed by atoms with Gasteiger partial charge in [-0.25, -0.2) is 0 Å². The van der Waals surface area contributed by atoms with Gasteiger partial charge in [0.2, 0.25) is 5.91 Å². The van der Waals surface area contributed by atoms with Crippen molar-refractivity contribution < 1.29 is 19.1 Å². The molecule has 162 valence electrons. The summed E-state index contributed by atoms with van der Waals surface area (Å²) < 4.78 is 11.3. The first-order chi connectivity index (χ1) is 14.6. The zero-order valence-electron chi connectivity index (χ0n) is 17.7. The molecule has 0 bridgehead atoms. The molecule has 0 spiro atoms. The lowest BCUT2D eigenvalue weighted by Gasteiger charge is -2.31. The number of hydrogen-bond acceptors (Lipinski definition) is 5. The molecule has 1 aliphatic heterocycles. The van der Waals surface area contributed by atoms with E-state index in [-0.39, 0.29) is 17.7 Å². The van der Waals surface area contributed by atoms with Crippen molar-refractivity contribution in [2.45, 2.75) is 33.1 Å². The van der Waals surface area contributed by atoms with E-state index in [4.69, 9.17) is 9.47 Å². The van der Waals surface area contributed by atoms with Crippen molar-refractivity contribution in [1.29, 1.82) is 0 Å². The van der Waals surface area contributed by atoms with E-state index in [0.29, 0.717) is 45.7 Å². The Morgan fingerprint density at radius 1 is 1.10 bits per heavy atom. The SMILES string of the molecule is CCOc1ccc(CCNC(=O)C2CCN(C(=O)c3cccs3)CC2)cc1OCC. The van der Waals surface area contributed by atoms with Crippen LogP contribution in [0.5, 0.6) is 11.5 Å². The number of benzene rings is 1. The van der Waals surface area contributed by atoms with Crippen molar-refractivity contribution >= 4 is 23.2 Å². The minimum Gasteiger partial charge on any atom is -0.490 e. The standard InChI is InChI=1S/C23H30N2O4S/c1-3-28-19-8-7-17(16-20(19)29-4-2)9-12-24-22(26)18-10-13-25(14-11-18)23(27)21-6-5-15-30-21/h5-8,15-16,18H,3-4,9-14H2,1-2H3,(H,24,26). The summed E-state index contributed by atoms with van der Waals surface area (Å²) >= 11 is 1.46. The Kier molecular flexibility index (Phi) is 8.13. The summed E-state index contributed by atoms with van der Waals surface area (Å²) in [5, 5.41) is 4.96. The topological polar surface area (TPSA) is 67.9 Å². The third-order valence-corrected chi connectivity index (χ3v) is 6.06. The van der Waals surface area contributed by atoms with Crippen molar-refractivity contribution in [3.05, 3.63) is 46.2 Å². The smallest absolute Gasteiger partial charge is 0.263 e. The normalized spacial score (nSPS) is 14.4. The molecular formula is C23H30N2O4S. The van der Waals surface area contributed by atoms with Crippen molar-refractivity contribution in [2.24, 2.45) is 5.92 Å². The number of nitrogens with zero attached hydrogens (tertiary/aromatic N) is 1. The number of likely N-dealkylation sites (tertiary alicyclic amines) is 1. The molecule has 0 unspecified atom stereocenters. The van der Waals surface area contributed by atoms with Gasteiger partial charge in [-0.3, -0.25) is 9.59 Å². The molecule has 2 amide bonds. The molecule has 0 radical (unpaired) electrons. The van der Waals surface area contributed by atoms with Gasteiger partial charge in [0.05, 0.1) is 18.1 Å². The number of piperidine rings is 1. The van der Waals surface area contributed by atoms with Gasteiger partial charge < -0.3 is 19.7 Å². The summed E-state index contributed by atoms with van der Waals surface area (Å²) in [7, 11) is 0. The summed E-state index contributed by atoms with van der Waals surface area (Å²) in [6.07, 6.45) is 2.15. The number of carbonyl (C=O) groups excluding carboxylic acids is 2. The van der Waals surface area contributed by atoms with Crippen LogP contribution in [0.25, 0.3) is 0 Å². The highest BCUT2D eigenvalue weighted by Crippen LogP contribution is 2.28. The van der Waals surface area contributed by atoms with Crippen molar-refractivity contribution in [1.82, 2.24) is 10.2 Å². The lowest BCUT2D eigenvalue weighted by atomic mass is 9.95. The average Bonchev–Trinajstić information content (AvgIpc) is 3.30. The van der Waals surface area contributed by atoms with Crippen LogP contribution in [-0.4, -0.2) is 49.6 Å². The van der Waals surface area contributed by atoms with Gasteiger partial charge in [0.1, 0.15) is 0 Å². The van der Waals surface area contributed by atoms with Crippen LogP contribution in [0.3, 0.4) is 0 Å². The molecule has 0 atom stereocenters. The molecule has 2 aromatic rings. The molecule has 3 rings (SSSR count). The van der Waals surface area contributed by atoms with Gasteiger partial charge in [0.15, 0.2) is 11.5 Å². The number of ether oxygens (including phenoxy) is 2. The number of carbonyl (C=O) groups is 2. The molecule has 1 fully saturated rings. The zero-order valence-corrected chi connectivity index (χ0v) is 18.5. The third kappa shape index (κ3) is 5.75. The maximum Gasteiger partial charge on any atom is 0.263 e. The predicted octanol–water partition coefficient (Wildman–Crippen LogP) is 3.76. The Morgan fingerprint density at radius 2 is 1.83 bits per heavy atom. The van der Waals surface area contributed by atoms with Crippen LogP contribution < -0.4 is 14.8 Å². The van der Waals surface area contributed by atoms with E-state index in [1.165, 1.54) is 11.3 Å². The van der Waals surface area contributed by atoms with Gasteiger partial charge in [-0.1, -0.05) is 12.1 Å². The quantitative estimate of drug-likeness (QED) is 0.658. The third-order valence-electron chi connectivity index (χ3n) is 5.21. The lowest BCUT2D eigenvalue weighted by Crippen LogP contribution is -2.43. The van der Waals surface area contributed by atoms with Gasteiger partial charge in [-0.15, -0.1) is 11.3 Å². The molecule has 1 saturated heterocycles. The summed E-state index contributed by atoms with van der Waals surface area (Å²) in [6.45, 7) is 6.90. The van der Waals surface area contributed by atoms with Crippen LogP contribution in [0.2, 0.25) is 0 Å². The highest BCUT2D eigenvalue weighted by molar-refractivity contribution is 7.12. The van der Waals surface area contributed by atoms with Crippen LogP contribution in [0.1, 0.15) is 41.9 Å². The van der Waals surface area contributed by atoms with Crippen LogP contribution in [0.15, 0.2) is 35.7 Å². The van der Waals surface area contributed by atoms with Crippen LogP contribution in [0, 0.1) is 5.92 Å². The predicted molar refractivity (Wildman–Crippen MR) is 118 cm³/mol. The second-order valence-corrected chi connectivity index (χ2v) is 8.18. The van der Waals surface area contributed by atoms with Gasteiger partial charge in [-0.2, -0.15) is 0 Å². The fourth-order valence-electron chi connectivity index (χ4n) is 3.63. The molecule has 1 aromatic carbocycles. The number of hydrogen-bond donors (Lipinski definition) is 1. The molecule has 7 heteroatoms. The minimum atomic E-state index is -0.0308. The van der Waals surface area contributed by atoms with Crippen LogP contribution in [0.4, 0.5) is 0 Å². The van der Waals surface area contributed by atoms with Gasteiger partial charge in [0, 0.05) is 25.6 Å². The average molecular weight is 431 g/mol. The maximum atomic E-state index is 12.5. The summed E-state index contributed by atoms with van der Waals surface area (Å²) in [6, 6.07) is 9.65. The second kappa shape index (κ2) is 11.0. The number of rotatable bonds is 9. The Balaban J connectivity index is 1.44. The van der Waals surface area contributed by atoms with Crippen molar-refractivity contribution in [3.8, 4) is 11.5 Å². The molecule has 6 nitrogen and oxygen atoms in total. The lowest BCUT2D eigenvalue weighted by molar-refractivity contribution is -0.126. The van der Waals surface area contributed by atoms with Gasteiger partial charge in [0.25, 0.3) is 5.91 Å². The van der Waals surface area contributed by atoms with E-state index in [9.17, 15) is 9.59 Å². The minimum absolute atomic E-state index is 0.0308. The Hall–Kier alpha value is -2.54. The molecule has 30 heavy (non-hydrogen) atoms. The first kappa shape index (κ1) is 22.2. The number of nitrogens with one attached hydrogen (secondary N) is 1. The Morgan fingerprint density at radius 3 is 2.50 bits per heavy atom. The monoisotopic (exact) mass is 430 g/mol. The van der Waals surface area contributed by atoms with E-state index < -0.39 is 0 Å². The van der Waals surface area contributed by atoms with Crippen LogP contribution >= 0.6 is 11.3 Å². The molecule has 1 aliphatic rings. The second-order valence-electron chi connectivity index (χ2n) is 7.23. The molecule has 1 aromatic heterocycles. The molecule has 0 aliphatic carbocycles. The highest BCUT2D eigenvalue weighted by atomic mass is 32.1. The fourth-order valence-corrected chi connectivity index (χ4v) is 4.32. The maximum absolute atomic E-state index is 12.5. The molecule has 2 heterocycles. The summed E-state index contributed by atoms with van der Waals surface area (Å²) in [5.41, 5.74) is 1.10. The van der Waals surface area contributed by atoms with E-state index in [2.05, 4.69) is 5.32 Å². The Bertz CT molecular complexity index is 830. The van der Waals surface area contributed by atoms with Gasteiger partial charge in [-0.05, 0) is 62.3 Å². The first-order valence-corrected chi connectivity index (χ1v) is 11.5. The Labute approximate surface area is 182 Å². The van der Waals surface area contributed by atoms with Crippen molar-refractivity contribution in [3.63, 3.8) is 0 Å². The van der Waals surface area contributed by atoms with E-state index in [1.54, 1.807) is 0 Å². The molecule has 0 saturated carbocycles. The molecular weight excluding hydrogens is 400 g/mol. The first-order valence-electron chi connectivity index (χ1n) is 10.6. The number of amides is 2. The molecule has 1 N–H and O–H groups in total. The number of thiophene rings is 1. The van der Waals surface area contributed by atoms with Gasteiger partial charge >= 0.3 is 0 Å². The van der Waals surface area contributed by atoms with E-state index in [0.717, 1.165) is 28.4 Å². The fraction of sp³-hybridized carbons (Fsp3) is 0.478. The van der Waals surface area contributed by atoms with Crippen molar-refractivity contribution in [2.75, 3.05) is 32.8 Å².